The number of amides is 1. The third kappa shape index (κ3) is 2.90. The fraction of sp³-hybridized carbons (Fsp3) is 0.200. The van der Waals surface area contributed by atoms with Gasteiger partial charge in [-0.1, -0.05) is 12.1 Å². The van der Waals surface area contributed by atoms with Gasteiger partial charge < -0.3 is 0 Å². The van der Waals surface area contributed by atoms with Crippen LogP contribution in [0.5, 0.6) is 0 Å². The van der Waals surface area contributed by atoms with Crippen molar-refractivity contribution >= 4 is 12.1 Å². The summed E-state index contributed by atoms with van der Waals surface area (Å²) in [6, 6.07) is 4.68. The maximum Gasteiger partial charge on any atom is 0.416 e. The van der Waals surface area contributed by atoms with Crippen LogP contribution in [0.3, 0.4) is 0 Å². The molecule has 0 bridgehead atoms. The normalized spacial score (nSPS) is 12.7. The molecule has 0 heterocycles. The zero-order valence-corrected chi connectivity index (χ0v) is 7.88. The molecule has 0 saturated heterocycles. The van der Waals surface area contributed by atoms with Crippen molar-refractivity contribution in [1.29, 1.82) is 0 Å². The van der Waals surface area contributed by atoms with E-state index in [0.717, 1.165) is 12.1 Å². The van der Waals surface area contributed by atoms with Crippen molar-refractivity contribution in [2.45, 2.75) is 13.1 Å². The highest BCUT2D eigenvalue weighted by atomic mass is 19.4. The van der Waals surface area contributed by atoms with Crippen LogP contribution in [0.15, 0.2) is 29.3 Å². The van der Waals surface area contributed by atoms with Gasteiger partial charge in [-0.05, 0) is 24.6 Å². The first-order valence-corrected chi connectivity index (χ1v) is 4.11. The highest BCUT2D eigenvalue weighted by molar-refractivity contribution is 6.01. The second-order valence-corrected chi connectivity index (χ2v) is 2.90. The number of halogens is 3. The van der Waals surface area contributed by atoms with Gasteiger partial charge in [0.1, 0.15) is 0 Å². The molecule has 0 aliphatic heterocycles. The monoisotopic (exact) mass is 215 g/mol. The van der Waals surface area contributed by atoms with Crippen molar-refractivity contribution < 1.29 is 18.0 Å². The van der Waals surface area contributed by atoms with Gasteiger partial charge in [-0.2, -0.15) is 13.2 Å². The number of hydrogen-bond acceptors (Lipinski definition) is 1. The standard InChI is InChI=1S/C10H8F3NO/c1-7(14-6-15)8-3-2-4-9(5-8)10(11,12)13/h2-6H,1H3. The van der Waals surface area contributed by atoms with E-state index in [1.165, 1.54) is 19.1 Å². The number of nitrogens with zero attached hydrogens (tertiary/aromatic N) is 1. The molecule has 15 heavy (non-hydrogen) atoms. The van der Waals surface area contributed by atoms with Crippen molar-refractivity contribution in [2.75, 3.05) is 0 Å². The van der Waals surface area contributed by atoms with E-state index in [4.69, 9.17) is 0 Å². The molecule has 0 aromatic heterocycles. The van der Waals surface area contributed by atoms with E-state index >= 15 is 0 Å². The molecule has 0 aliphatic carbocycles. The minimum atomic E-state index is -4.38. The van der Waals surface area contributed by atoms with Gasteiger partial charge in [-0.25, -0.2) is 4.99 Å². The van der Waals surface area contributed by atoms with Crippen molar-refractivity contribution in [3.05, 3.63) is 35.4 Å². The molecule has 0 spiro atoms. The van der Waals surface area contributed by atoms with Gasteiger partial charge in [0.05, 0.1) is 5.56 Å². The lowest BCUT2D eigenvalue weighted by Crippen LogP contribution is -2.06. The summed E-state index contributed by atoms with van der Waals surface area (Å²) < 4.78 is 36.9. The Morgan fingerprint density at radius 3 is 2.60 bits per heavy atom. The van der Waals surface area contributed by atoms with E-state index in [1.807, 2.05) is 0 Å². The van der Waals surface area contributed by atoms with Crippen LogP contribution in [-0.2, 0) is 11.0 Å². The molecule has 2 nitrogen and oxygen atoms in total. The number of benzene rings is 1. The molecule has 0 unspecified atom stereocenters. The van der Waals surface area contributed by atoms with Crippen molar-refractivity contribution in [1.82, 2.24) is 0 Å². The Balaban J connectivity index is 3.14. The Labute approximate surface area is 84.4 Å². The van der Waals surface area contributed by atoms with Gasteiger partial charge in [0.15, 0.2) is 0 Å². The molecule has 0 radical (unpaired) electrons. The van der Waals surface area contributed by atoms with Crippen LogP contribution in [-0.4, -0.2) is 12.1 Å². The topological polar surface area (TPSA) is 29.4 Å². The highest BCUT2D eigenvalue weighted by Crippen LogP contribution is 2.29. The van der Waals surface area contributed by atoms with E-state index in [1.54, 1.807) is 0 Å². The fourth-order valence-corrected chi connectivity index (χ4v) is 1.07. The Morgan fingerprint density at radius 1 is 1.40 bits per heavy atom. The average molecular weight is 215 g/mol. The molecule has 0 aliphatic rings. The molecule has 0 saturated carbocycles. The van der Waals surface area contributed by atoms with E-state index in [0.29, 0.717) is 6.41 Å². The van der Waals surface area contributed by atoms with E-state index in [-0.39, 0.29) is 11.3 Å². The second kappa shape index (κ2) is 4.25. The summed E-state index contributed by atoms with van der Waals surface area (Å²) in [5.74, 6) is 0. The molecular weight excluding hydrogens is 207 g/mol. The minimum Gasteiger partial charge on any atom is -0.276 e. The van der Waals surface area contributed by atoms with Gasteiger partial charge in [0.2, 0.25) is 6.41 Å². The number of hydrogen-bond donors (Lipinski definition) is 0. The first-order chi connectivity index (χ1) is 6.95. The summed E-state index contributed by atoms with van der Waals surface area (Å²) in [6.07, 6.45) is -4.08. The van der Waals surface area contributed by atoms with Crippen LogP contribution < -0.4 is 0 Å². The summed E-state index contributed by atoms with van der Waals surface area (Å²) in [5.41, 5.74) is -0.200. The zero-order chi connectivity index (χ0) is 11.5. The van der Waals surface area contributed by atoms with Crippen molar-refractivity contribution in [3.8, 4) is 0 Å². The average Bonchev–Trinajstić information content (AvgIpc) is 2.17. The lowest BCUT2D eigenvalue weighted by atomic mass is 10.1. The quantitative estimate of drug-likeness (QED) is 0.550. The number of carbonyl (C=O) groups is 1. The first kappa shape index (κ1) is 11.4. The molecule has 0 atom stereocenters. The molecule has 1 rings (SSSR count). The number of carbonyl (C=O) groups excluding carboxylic acids is 1. The van der Waals surface area contributed by atoms with Gasteiger partial charge in [-0.3, -0.25) is 4.79 Å². The van der Waals surface area contributed by atoms with Crippen LogP contribution in [0, 0.1) is 0 Å². The molecule has 0 fully saturated rings. The molecule has 1 aromatic rings. The Bertz CT molecular complexity index is 396. The van der Waals surface area contributed by atoms with Crippen LogP contribution >= 0.6 is 0 Å². The van der Waals surface area contributed by atoms with Crippen LogP contribution in [0.25, 0.3) is 0 Å². The maximum atomic E-state index is 12.3. The van der Waals surface area contributed by atoms with Crippen LogP contribution in [0.2, 0.25) is 0 Å². The smallest absolute Gasteiger partial charge is 0.276 e. The lowest BCUT2D eigenvalue weighted by molar-refractivity contribution is -0.137. The van der Waals surface area contributed by atoms with E-state index in [2.05, 4.69) is 4.99 Å². The Kier molecular flexibility index (Phi) is 3.24. The number of alkyl halides is 3. The number of rotatable bonds is 2. The second-order valence-electron chi connectivity index (χ2n) is 2.90. The summed E-state index contributed by atoms with van der Waals surface area (Å²) in [5, 5.41) is 0. The predicted molar refractivity (Wildman–Crippen MR) is 49.7 cm³/mol. The minimum absolute atomic E-state index is 0.260. The predicted octanol–water partition coefficient (Wildman–Crippen LogP) is 2.67. The summed E-state index contributed by atoms with van der Waals surface area (Å²) in [7, 11) is 0. The Hall–Kier alpha value is -1.65. The largest absolute Gasteiger partial charge is 0.416 e. The first-order valence-electron chi connectivity index (χ1n) is 4.11. The molecule has 80 valence electrons. The summed E-state index contributed by atoms with van der Waals surface area (Å²) in [6.45, 7) is 1.48. The third-order valence-electron chi connectivity index (χ3n) is 1.85. The highest BCUT2D eigenvalue weighted by Gasteiger charge is 2.30. The van der Waals surface area contributed by atoms with Gasteiger partial charge in [-0.15, -0.1) is 0 Å². The van der Waals surface area contributed by atoms with Gasteiger partial charge in [0, 0.05) is 5.71 Å². The fourth-order valence-electron chi connectivity index (χ4n) is 1.07. The molecular formula is C10H8F3NO. The number of aliphatic imine (C=N–C) groups is 1. The molecule has 1 aromatic carbocycles. The van der Waals surface area contributed by atoms with Gasteiger partial charge >= 0.3 is 6.18 Å². The van der Waals surface area contributed by atoms with Gasteiger partial charge in [0.25, 0.3) is 0 Å². The van der Waals surface area contributed by atoms with Crippen molar-refractivity contribution in [2.24, 2.45) is 4.99 Å². The van der Waals surface area contributed by atoms with Crippen LogP contribution in [0.1, 0.15) is 18.1 Å². The third-order valence-corrected chi connectivity index (χ3v) is 1.85. The van der Waals surface area contributed by atoms with E-state index < -0.39 is 11.7 Å². The summed E-state index contributed by atoms with van der Waals surface area (Å²) >= 11 is 0. The molecule has 1 amide bonds. The zero-order valence-electron chi connectivity index (χ0n) is 7.88. The van der Waals surface area contributed by atoms with E-state index in [9.17, 15) is 18.0 Å². The summed E-state index contributed by atoms with van der Waals surface area (Å²) in [4.78, 5) is 13.4. The van der Waals surface area contributed by atoms with Crippen molar-refractivity contribution in [3.63, 3.8) is 0 Å². The maximum absolute atomic E-state index is 12.3. The SMILES string of the molecule is CC(=NC=O)c1cccc(C(F)(F)F)c1. The van der Waals surface area contributed by atoms with Crippen LogP contribution in [0.4, 0.5) is 13.2 Å². The Morgan fingerprint density at radius 2 is 2.07 bits per heavy atom. The lowest BCUT2D eigenvalue weighted by Gasteiger charge is -2.07. The molecule has 0 N–H and O–H groups in total. The molecule has 5 heteroatoms.